The minimum absolute atomic E-state index is 0.220. The molecule has 1 heterocycles. The number of hydrogen-bond donors (Lipinski definition) is 0. The van der Waals surface area contributed by atoms with E-state index in [4.69, 9.17) is 4.74 Å². The van der Waals surface area contributed by atoms with E-state index in [-0.39, 0.29) is 5.92 Å². The lowest BCUT2D eigenvalue weighted by molar-refractivity contribution is -0.132. The highest BCUT2D eigenvalue weighted by Crippen LogP contribution is 2.32. The van der Waals surface area contributed by atoms with Gasteiger partial charge in [0.1, 0.15) is 5.78 Å². The first-order valence-electron chi connectivity index (χ1n) is 6.39. The number of hydrogen-bond acceptors (Lipinski definition) is 2. The summed E-state index contributed by atoms with van der Waals surface area (Å²) in [7, 11) is 0. The van der Waals surface area contributed by atoms with E-state index >= 15 is 0 Å². The molecule has 1 saturated heterocycles. The summed E-state index contributed by atoms with van der Waals surface area (Å²) in [5, 5.41) is 0. The fraction of sp³-hybridized carbons (Fsp3) is 0.923. The number of ether oxygens (including phenoxy) is 1. The van der Waals surface area contributed by atoms with Crippen molar-refractivity contribution in [3.8, 4) is 0 Å². The molecule has 0 radical (unpaired) electrons. The molecule has 0 bridgehead atoms. The SMILES string of the molecule is CC1CCC(C(=O)C2CCCOC2)CC1. The van der Waals surface area contributed by atoms with Crippen molar-refractivity contribution in [1.82, 2.24) is 0 Å². The van der Waals surface area contributed by atoms with Gasteiger partial charge in [-0.15, -0.1) is 0 Å². The Balaban J connectivity index is 1.84. The number of ketones is 1. The Hall–Kier alpha value is -0.370. The van der Waals surface area contributed by atoms with Crippen molar-refractivity contribution >= 4 is 5.78 Å². The van der Waals surface area contributed by atoms with Crippen LogP contribution >= 0.6 is 0 Å². The molecule has 0 aromatic heterocycles. The van der Waals surface area contributed by atoms with Gasteiger partial charge in [0.25, 0.3) is 0 Å². The molecule has 1 saturated carbocycles. The second-order valence-corrected chi connectivity index (χ2v) is 5.27. The van der Waals surface area contributed by atoms with Crippen molar-refractivity contribution in [3.63, 3.8) is 0 Å². The van der Waals surface area contributed by atoms with E-state index in [1.54, 1.807) is 0 Å². The Morgan fingerprint density at radius 3 is 2.40 bits per heavy atom. The zero-order valence-electron chi connectivity index (χ0n) is 9.71. The monoisotopic (exact) mass is 210 g/mol. The highest BCUT2D eigenvalue weighted by Gasteiger charge is 2.30. The van der Waals surface area contributed by atoms with Crippen LogP contribution in [0.1, 0.15) is 45.4 Å². The molecule has 2 aliphatic rings. The number of carbonyl (C=O) groups is 1. The topological polar surface area (TPSA) is 26.3 Å². The van der Waals surface area contributed by atoms with Crippen molar-refractivity contribution < 1.29 is 9.53 Å². The van der Waals surface area contributed by atoms with Gasteiger partial charge in [-0.1, -0.05) is 19.8 Å². The van der Waals surface area contributed by atoms with Crippen LogP contribution in [0.4, 0.5) is 0 Å². The van der Waals surface area contributed by atoms with E-state index in [0.29, 0.717) is 18.3 Å². The van der Waals surface area contributed by atoms with E-state index in [0.717, 1.165) is 38.2 Å². The number of carbonyl (C=O) groups excluding carboxylic acids is 1. The molecule has 1 aliphatic heterocycles. The van der Waals surface area contributed by atoms with Gasteiger partial charge in [0.05, 0.1) is 6.61 Å². The summed E-state index contributed by atoms with van der Waals surface area (Å²) in [5.41, 5.74) is 0. The van der Waals surface area contributed by atoms with Crippen LogP contribution in [0.3, 0.4) is 0 Å². The first-order valence-corrected chi connectivity index (χ1v) is 6.39. The van der Waals surface area contributed by atoms with Gasteiger partial charge < -0.3 is 4.74 Å². The van der Waals surface area contributed by atoms with E-state index in [2.05, 4.69) is 6.92 Å². The van der Waals surface area contributed by atoms with Gasteiger partial charge in [-0.05, 0) is 31.6 Å². The largest absolute Gasteiger partial charge is 0.381 e. The third-order valence-electron chi connectivity index (χ3n) is 3.98. The van der Waals surface area contributed by atoms with E-state index in [9.17, 15) is 4.79 Å². The zero-order valence-corrected chi connectivity index (χ0v) is 9.71. The smallest absolute Gasteiger partial charge is 0.141 e. The molecule has 15 heavy (non-hydrogen) atoms. The Bertz CT molecular complexity index is 211. The van der Waals surface area contributed by atoms with Crippen LogP contribution in [-0.2, 0) is 9.53 Å². The van der Waals surface area contributed by atoms with Gasteiger partial charge in [-0.25, -0.2) is 0 Å². The van der Waals surface area contributed by atoms with Crippen molar-refractivity contribution in [2.75, 3.05) is 13.2 Å². The first kappa shape index (κ1) is 11.1. The molecule has 86 valence electrons. The average Bonchev–Trinajstić information content (AvgIpc) is 2.30. The van der Waals surface area contributed by atoms with Crippen molar-refractivity contribution in [3.05, 3.63) is 0 Å². The highest BCUT2D eigenvalue weighted by atomic mass is 16.5. The Labute approximate surface area is 92.4 Å². The molecule has 0 aromatic carbocycles. The van der Waals surface area contributed by atoms with Crippen LogP contribution in [0, 0.1) is 17.8 Å². The summed E-state index contributed by atoms with van der Waals surface area (Å²) in [6.45, 7) is 3.83. The maximum Gasteiger partial charge on any atom is 0.141 e. The highest BCUT2D eigenvalue weighted by molar-refractivity contribution is 5.83. The molecule has 1 unspecified atom stereocenters. The Morgan fingerprint density at radius 2 is 1.80 bits per heavy atom. The van der Waals surface area contributed by atoms with Gasteiger partial charge >= 0.3 is 0 Å². The lowest BCUT2D eigenvalue weighted by Crippen LogP contribution is -2.32. The molecule has 0 aromatic rings. The zero-order chi connectivity index (χ0) is 10.7. The molecule has 2 rings (SSSR count). The molecule has 2 nitrogen and oxygen atoms in total. The number of Topliss-reactive ketones (excluding diaryl/α,β-unsaturated/α-hetero) is 1. The van der Waals surface area contributed by atoms with Crippen molar-refractivity contribution in [2.24, 2.45) is 17.8 Å². The molecule has 0 N–H and O–H groups in total. The second-order valence-electron chi connectivity index (χ2n) is 5.27. The van der Waals surface area contributed by atoms with E-state index in [1.807, 2.05) is 0 Å². The first-order chi connectivity index (χ1) is 7.27. The third kappa shape index (κ3) is 2.81. The minimum Gasteiger partial charge on any atom is -0.381 e. The predicted molar refractivity (Wildman–Crippen MR) is 59.7 cm³/mol. The second kappa shape index (κ2) is 5.11. The summed E-state index contributed by atoms with van der Waals surface area (Å²) in [6, 6.07) is 0. The fourth-order valence-electron chi connectivity index (χ4n) is 2.84. The van der Waals surface area contributed by atoms with Gasteiger partial charge in [0.2, 0.25) is 0 Å². The summed E-state index contributed by atoms with van der Waals surface area (Å²) < 4.78 is 5.39. The summed E-state index contributed by atoms with van der Waals surface area (Å²) in [6.07, 6.45) is 6.85. The molecule has 0 amide bonds. The lowest BCUT2D eigenvalue weighted by atomic mass is 9.77. The quantitative estimate of drug-likeness (QED) is 0.700. The van der Waals surface area contributed by atoms with Crippen LogP contribution in [0.5, 0.6) is 0 Å². The normalized spacial score (nSPS) is 37.5. The molecular formula is C13H22O2. The molecule has 2 fully saturated rings. The van der Waals surface area contributed by atoms with Gasteiger partial charge in [0.15, 0.2) is 0 Å². The van der Waals surface area contributed by atoms with Crippen LogP contribution in [0.25, 0.3) is 0 Å². The van der Waals surface area contributed by atoms with Crippen LogP contribution in [0.15, 0.2) is 0 Å². The molecule has 2 heteroatoms. The van der Waals surface area contributed by atoms with Crippen molar-refractivity contribution in [2.45, 2.75) is 45.4 Å². The molecule has 1 atom stereocenters. The minimum atomic E-state index is 0.220. The fourth-order valence-corrected chi connectivity index (χ4v) is 2.84. The molecule has 0 spiro atoms. The van der Waals surface area contributed by atoms with Crippen LogP contribution in [-0.4, -0.2) is 19.0 Å². The van der Waals surface area contributed by atoms with Gasteiger partial charge in [-0.3, -0.25) is 4.79 Å². The number of rotatable bonds is 2. The van der Waals surface area contributed by atoms with Gasteiger partial charge in [0, 0.05) is 18.4 Å². The Kier molecular flexibility index (Phi) is 3.79. The summed E-state index contributed by atoms with van der Waals surface area (Å²) >= 11 is 0. The lowest BCUT2D eigenvalue weighted by Gasteiger charge is -2.29. The summed E-state index contributed by atoms with van der Waals surface area (Å²) in [5.74, 6) is 1.91. The predicted octanol–water partition coefficient (Wildman–Crippen LogP) is 2.81. The third-order valence-corrected chi connectivity index (χ3v) is 3.98. The van der Waals surface area contributed by atoms with E-state index in [1.165, 1.54) is 12.8 Å². The Morgan fingerprint density at radius 1 is 1.07 bits per heavy atom. The van der Waals surface area contributed by atoms with E-state index < -0.39 is 0 Å². The average molecular weight is 210 g/mol. The maximum atomic E-state index is 12.2. The van der Waals surface area contributed by atoms with Crippen LogP contribution < -0.4 is 0 Å². The molecular weight excluding hydrogens is 188 g/mol. The standard InChI is InChI=1S/C13H22O2/c1-10-4-6-11(7-5-10)13(14)12-3-2-8-15-9-12/h10-12H,2-9H2,1H3. The van der Waals surface area contributed by atoms with Crippen LogP contribution in [0.2, 0.25) is 0 Å². The van der Waals surface area contributed by atoms with Crippen molar-refractivity contribution in [1.29, 1.82) is 0 Å². The molecule has 1 aliphatic carbocycles. The van der Waals surface area contributed by atoms with Gasteiger partial charge in [-0.2, -0.15) is 0 Å². The maximum absolute atomic E-state index is 12.2. The summed E-state index contributed by atoms with van der Waals surface area (Å²) in [4.78, 5) is 12.2.